The van der Waals surface area contributed by atoms with Gasteiger partial charge in [-0.05, 0) is 23.8 Å². The third-order valence-corrected chi connectivity index (χ3v) is 2.59. The zero-order valence-corrected chi connectivity index (χ0v) is 9.85. The van der Waals surface area contributed by atoms with Gasteiger partial charge in [0.15, 0.2) is 5.69 Å². The number of aromatic nitrogens is 1. The molecule has 7 heteroatoms. The molecule has 0 aliphatic heterocycles. The molecule has 1 aromatic heterocycles. The van der Waals surface area contributed by atoms with Crippen LogP contribution in [0.3, 0.4) is 0 Å². The smallest absolute Gasteiger partial charge is 0.416 e. The average molecular weight is 283 g/mol. The second kappa shape index (κ2) is 4.84. The molecule has 0 bridgehead atoms. The first-order valence-electron chi connectivity index (χ1n) is 5.39. The molecule has 2 aromatic rings. The van der Waals surface area contributed by atoms with Gasteiger partial charge in [-0.15, -0.1) is 0 Å². The van der Waals surface area contributed by atoms with Crippen LogP contribution in [0.15, 0.2) is 36.5 Å². The van der Waals surface area contributed by atoms with E-state index in [1.807, 2.05) is 0 Å². The van der Waals surface area contributed by atoms with Crippen LogP contribution in [0.25, 0.3) is 11.1 Å². The van der Waals surface area contributed by atoms with Crippen molar-refractivity contribution in [2.75, 3.05) is 0 Å². The Bertz CT molecular complexity index is 668. The summed E-state index contributed by atoms with van der Waals surface area (Å²) >= 11 is 0. The number of carboxylic acids is 1. The van der Waals surface area contributed by atoms with Crippen LogP contribution in [0.1, 0.15) is 16.1 Å². The fraction of sp³-hybridized carbons (Fsp3) is 0.0769. The first-order chi connectivity index (χ1) is 9.29. The first-order valence-corrected chi connectivity index (χ1v) is 5.39. The van der Waals surface area contributed by atoms with Gasteiger partial charge in [-0.25, -0.2) is 9.78 Å². The molecule has 0 amide bonds. The van der Waals surface area contributed by atoms with E-state index in [2.05, 4.69) is 4.98 Å². The maximum absolute atomic E-state index is 12.6. The molecule has 0 fully saturated rings. The minimum atomic E-state index is -4.48. The summed E-state index contributed by atoms with van der Waals surface area (Å²) in [6.45, 7) is 0. The van der Waals surface area contributed by atoms with Crippen molar-refractivity contribution < 1.29 is 28.2 Å². The third-order valence-electron chi connectivity index (χ3n) is 2.59. The number of benzene rings is 1. The zero-order chi connectivity index (χ0) is 14.9. The van der Waals surface area contributed by atoms with Crippen molar-refractivity contribution in [3.63, 3.8) is 0 Å². The fourth-order valence-electron chi connectivity index (χ4n) is 1.65. The van der Waals surface area contributed by atoms with E-state index in [1.165, 1.54) is 12.1 Å². The Morgan fingerprint density at radius 2 is 1.85 bits per heavy atom. The van der Waals surface area contributed by atoms with Crippen LogP contribution >= 0.6 is 0 Å². The standard InChI is InChI=1S/C13H8F3NO3/c14-13(15,16)9-3-1-2-7(4-9)8-5-10(18)11(12(19)20)17-6-8/h1-6,18H,(H,19,20). The van der Waals surface area contributed by atoms with Crippen LogP contribution in [0.5, 0.6) is 5.75 Å². The van der Waals surface area contributed by atoms with Gasteiger partial charge in [-0.1, -0.05) is 12.1 Å². The number of hydrogen-bond acceptors (Lipinski definition) is 3. The molecule has 1 heterocycles. The minimum absolute atomic E-state index is 0.180. The van der Waals surface area contributed by atoms with Crippen molar-refractivity contribution in [3.8, 4) is 16.9 Å². The number of alkyl halides is 3. The predicted octanol–water partition coefficient (Wildman–Crippen LogP) is 3.17. The maximum atomic E-state index is 12.6. The molecule has 0 radical (unpaired) electrons. The number of pyridine rings is 1. The third kappa shape index (κ3) is 2.71. The molecule has 1 aromatic carbocycles. The fourth-order valence-corrected chi connectivity index (χ4v) is 1.65. The number of hydrogen-bond donors (Lipinski definition) is 2. The van der Waals surface area contributed by atoms with Gasteiger partial charge < -0.3 is 10.2 Å². The summed E-state index contributed by atoms with van der Waals surface area (Å²) in [4.78, 5) is 14.2. The second-order valence-corrected chi connectivity index (χ2v) is 3.98. The summed E-state index contributed by atoms with van der Waals surface area (Å²) in [5.41, 5.74) is -1.02. The zero-order valence-electron chi connectivity index (χ0n) is 9.85. The molecule has 2 N–H and O–H groups in total. The van der Waals surface area contributed by atoms with Gasteiger partial charge in [-0.3, -0.25) is 0 Å². The number of carboxylic acid groups (broad SMARTS) is 1. The maximum Gasteiger partial charge on any atom is 0.416 e. The Balaban J connectivity index is 2.47. The summed E-state index contributed by atoms with van der Waals surface area (Å²) in [6, 6.07) is 5.51. The summed E-state index contributed by atoms with van der Waals surface area (Å²) in [6.07, 6.45) is -3.38. The number of halogens is 3. The molecular formula is C13H8F3NO3. The molecule has 20 heavy (non-hydrogen) atoms. The van der Waals surface area contributed by atoms with Crippen molar-refractivity contribution in [1.29, 1.82) is 0 Å². The monoisotopic (exact) mass is 283 g/mol. The van der Waals surface area contributed by atoms with Crippen LogP contribution in [-0.2, 0) is 6.18 Å². The van der Waals surface area contributed by atoms with Gasteiger partial charge in [0.25, 0.3) is 0 Å². The van der Waals surface area contributed by atoms with Gasteiger partial charge in [0, 0.05) is 11.8 Å². The van der Waals surface area contributed by atoms with Crippen LogP contribution in [0, 0.1) is 0 Å². The van der Waals surface area contributed by atoms with E-state index in [4.69, 9.17) is 5.11 Å². The van der Waals surface area contributed by atoms with Gasteiger partial charge in [0.05, 0.1) is 5.56 Å². The molecule has 4 nitrogen and oxygen atoms in total. The Morgan fingerprint density at radius 1 is 1.15 bits per heavy atom. The number of rotatable bonds is 2. The highest BCUT2D eigenvalue weighted by Crippen LogP contribution is 2.32. The van der Waals surface area contributed by atoms with Gasteiger partial charge in [0.1, 0.15) is 5.75 Å². The van der Waals surface area contributed by atoms with Crippen molar-refractivity contribution >= 4 is 5.97 Å². The Kier molecular flexibility index (Phi) is 3.35. The normalized spacial score (nSPS) is 11.3. The number of aromatic hydroxyl groups is 1. The lowest BCUT2D eigenvalue weighted by molar-refractivity contribution is -0.137. The summed E-state index contributed by atoms with van der Waals surface area (Å²) in [5.74, 6) is -2.02. The Hall–Kier alpha value is -2.57. The molecule has 0 saturated heterocycles. The molecule has 0 unspecified atom stereocenters. The summed E-state index contributed by atoms with van der Waals surface area (Å²) in [5, 5.41) is 18.2. The van der Waals surface area contributed by atoms with Gasteiger partial charge in [-0.2, -0.15) is 13.2 Å². The van der Waals surface area contributed by atoms with E-state index in [9.17, 15) is 23.1 Å². The molecule has 0 aliphatic carbocycles. The first kappa shape index (κ1) is 13.9. The lowest BCUT2D eigenvalue weighted by Crippen LogP contribution is -2.04. The highest BCUT2D eigenvalue weighted by Gasteiger charge is 2.30. The molecule has 104 valence electrons. The number of aromatic carboxylic acids is 1. The summed E-state index contributed by atoms with van der Waals surface area (Å²) in [7, 11) is 0. The SMILES string of the molecule is O=C(O)c1ncc(-c2cccc(C(F)(F)F)c2)cc1O. The predicted molar refractivity (Wildman–Crippen MR) is 63.3 cm³/mol. The van der Waals surface area contributed by atoms with Crippen LogP contribution in [0.4, 0.5) is 13.2 Å². The second-order valence-electron chi connectivity index (χ2n) is 3.98. The highest BCUT2D eigenvalue weighted by molar-refractivity contribution is 5.89. The quantitative estimate of drug-likeness (QED) is 0.888. The van der Waals surface area contributed by atoms with Crippen molar-refractivity contribution in [2.45, 2.75) is 6.18 Å². The van der Waals surface area contributed by atoms with E-state index < -0.39 is 29.2 Å². The van der Waals surface area contributed by atoms with Gasteiger partial charge >= 0.3 is 12.1 Å². The van der Waals surface area contributed by atoms with Gasteiger partial charge in [0.2, 0.25) is 0 Å². The molecule has 0 atom stereocenters. The highest BCUT2D eigenvalue weighted by atomic mass is 19.4. The van der Waals surface area contributed by atoms with E-state index in [1.54, 1.807) is 0 Å². The van der Waals surface area contributed by atoms with E-state index in [0.717, 1.165) is 24.4 Å². The van der Waals surface area contributed by atoms with Crippen molar-refractivity contribution in [1.82, 2.24) is 4.98 Å². The molecule has 0 aliphatic rings. The Labute approximate surface area is 111 Å². The molecule has 0 spiro atoms. The minimum Gasteiger partial charge on any atom is -0.505 e. The lowest BCUT2D eigenvalue weighted by atomic mass is 10.0. The van der Waals surface area contributed by atoms with E-state index >= 15 is 0 Å². The number of nitrogens with zero attached hydrogens (tertiary/aromatic N) is 1. The lowest BCUT2D eigenvalue weighted by Gasteiger charge is -2.09. The van der Waals surface area contributed by atoms with E-state index in [0.29, 0.717) is 0 Å². The topological polar surface area (TPSA) is 70.4 Å². The van der Waals surface area contributed by atoms with Crippen LogP contribution in [0.2, 0.25) is 0 Å². The molecule has 0 saturated carbocycles. The average Bonchev–Trinajstić information content (AvgIpc) is 2.37. The molecular weight excluding hydrogens is 275 g/mol. The molecule has 2 rings (SSSR count). The van der Waals surface area contributed by atoms with Crippen molar-refractivity contribution in [2.24, 2.45) is 0 Å². The number of carbonyl (C=O) groups is 1. The van der Waals surface area contributed by atoms with E-state index in [-0.39, 0.29) is 11.1 Å². The van der Waals surface area contributed by atoms with Crippen molar-refractivity contribution in [3.05, 3.63) is 47.8 Å². The van der Waals surface area contributed by atoms with Crippen LogP contribution < -0.4 is 0 Å². The largest absolute Gasteiger partial charge is 0.505 e. The summed E-state index contributed by atoms with van der Waals surface area (Å²) < 4.78 is 37.8. The van der Waals surface area contributed by atoms with Crippen LogP contribution in [-0.4, -0.2) is 21.2 Å². The Morgan fingerprint density at radius 3 is 2.40 bits per heavy atom.